The third kappa shape index (κ3) is 3.52. The van der Waals surface area contributed by atoms with Crippen molar-refractivity contribution in [2.75, 3.05) is 6.54 Å². The van der Waals surface area contributed by atoms with Crippen LogP contribution in [0.4, 0.5) is 0 Å². The fourth-order valence-corrected chi connectivity index (χ4v) is 1.04. The van der Waals surface area contributed by atoms with E-state index in [0.29, 0.717) is 6.29 Å². The van der Waals surface area contributed by atoms with Crippen molar-refractivity contribution in [3.63, 3.8) is 0 Å². The molecule has 0 bridgehead atoms. The van der Waals surface area contributed by atoms with Crippen LogP contribution in [0.2, 0.25) is 0 Å². The van der Waals surface area contributed by atoms with Crippen LogP contribution >= 0.6 is 0 Å². The largest absolute Gasteiger partial charge is 0.460 e. The van der Waals surface area contributed by atoms with Crippen LogP contribution in [-0.4, -0.2) is 18.8 Å². The average Bonchev–Trinajstić information content (AvgIpc) is 2.29. The number of hydrogen-bond donors (Lipinski definition) is 1. The van der Waals surface area contributed by atoms with E-state index in [1.54, 1.807) is 0 Å². The van der Waals surface area contributed by atoms with E-state index in [1.807, 2.05) is 30.3 Å². The minimum absolute atomic E-state index is 0.0167. The Labute approximate surface area is 88.0 Å². The van der Waals surface area contributed by atoms with Crippen molar-refractivity contribution >= 4 is 12.3 Å². The summed E-state index contributed by atoms with van der Waals surface area (Å²) in [6, 6.07) is 9.25. The lowest BCUT2D eigenvalue weighted by Gasteiger charge is -2.07. The number of hydrogen-bond acceptors (Lipinski definition) is 4. The molecule has 4 nitrogen and oxygen atoms in total. The van der Waals surface area contributed by atoms with Crippen molar-refractivity contribution in [1.29, 1.82) is 0 Å². The zero-order valence-corrected chi connectivity index (χ0v) is 8.26. The Morgan fingerprint density at radius 1 is 1.40 bits per heavy atom. The Hall–Kier alpha value is -1.68. The van der Waals surface area contributed by atoms with Crippen molar-refractivity contribution < 1.29 is 14.3 Å². The van der Waals surface area contributed by atoms with E-state index in [2.05, 4.69) is 0 Å². The molecule has 0 amide bonds. The van der Waals surface area contributed by atoms with Gasteiger partial charge in [0.2, 0.25) is 0 Å². The summed E-state index contributed by atoms with van der Waals surface area (Å²) < 4.78 is 4.92. The normalized spacial score (nSPS) is 11.8. The number of nitrogens with two attached hydrogens (primary N) is 1. The fraction of sp³-hybridized carbons (Fsp3) is 0.273. The highest BCUT2D eigenvalue weighted by Crippen LogP contribution is 2.03. The standard InChI is InChI=1S/C11H13NO3/c12-6-10(7-13)11(14)15-8-9-4-2-1-3-5-9/h1-5,7,10H,6,8,12H2. The van der Waals surface area contributed by atoms with Gasteiger partial charge in [0.1, 0.15) is 18.8 Å². The minimum atomic E-state index is -0.853. The van der Waals surface area contributed by atoms with Gasteiger partial charge in [-0.25, -0.2) is 0 Å². The molecule has 0 fully saturated rings. The Kier molecular flexibility index (Phi) is 4.50. The van der Waals surface area contributed by atoms with Crippen LogP contribution in [0.25, 0.3) is 0 Å². The van der Waals surface area contributed by atoms with E-state index >= 15 is 0 Å². The molecule has 0 aliphatic heterocycles. The molecule has 4 heteroatoms. The Morgan fingerprint density at radius 2 is 2.07 bits per heavy atom. The zero-order chi connectivity index (χ0) is 11.1. The molecule has 1 rings (SSSR count). The van der Waals surface area contributed by atoms with Gasteiger partial charge in [-0.15, -0.1) is 0 Å². The van der Waals surface area contributed by atoms with Crippen LogP contribution in [0, 0.1) is 5.92 Å². The maximum Gasteiger partial charge on any atom is 0.317 e. The maximum absolute atomic E-state index is 11.2. The number of esters is 1. The van der Waals surface area contributed by atoms with Crippen molar-refractivity contribution in [3.8, 4) is 0 Å². The van der Waals surface area contributed by atoms with Crippen molar-refractivity contribution in [2.45, 2.75) is 6.61 Å². The molecule has 0 spiro atoms. The van der Waals surface area contributed by atoms with Crippen LogP contribution < -0.4 is 5.73 Å². The van der Waals surface area contributed by atoms with E-state index in [0.717, 1.165) is 5.56 Å². The fourth-order valence-electron chi connectivity index (χ4n) is 1.04. The molecule has 0 radical (unpaired) electrons. The van der Waals surface area contributed by atoms with E-state index in [4.69, 9.17) is 10.5 Å². The first-order valence-electron chi connectivity index (χ1n) is 4.64. The van der Waals surface area contributed by atoms with Gasteiger partial charge in [-0.1, -0.05) is 30.3 Å². The number of carbonyl (C=O) groups excluding carboxylic acids is 2. The van der Waals surface area contributed by atoms with Crippen molar-refractivity contribution in [2.24, 2.45) is 11.7 Å². The molecule has 0 saturated heterocycles. The highest BCUT2D eigenvalue weighted by atomic mass is 16.5. The molecule has 0 aliphatic carbocycles. The van der Waals surface area contributed by atoms with Crippen molar-refractivity contribution in [3.05, 3.63) is 35.9 Å². The molecule has 1 unspecified atom stereocenters. The molecule has 0 heterocycles. The first-order valence-corrected chi connectivity index (χ1v) is 4.64. The van der Waals surface area contributed by atoms with E-state index in [-0.39, 0.29) is 13.2 Å². The van der Waals surface area contributed by atoms with Crippen LogP contribution in [0.1, 0.15) is 5.56 Å². The van der Waals surface area contributed by atoms with E-state index in [1.165, 1.54) is 0 Å². The highest BCUT2D eigenvalue weighted by Gasteiger charge is 2.16. The predicted molar refractivity (Wildman–Crippen MR) is 54.8 cm³/mol. The Balaban J connectivity index is 2.44. The average molecular weight is 207 g/mol. The summed E-state index contributed by atoms with van der Waals surface area (Å²) in [6.07, 6.45) is 0.507. The van der Waals surface area contributed by atoms with Gasteiger partial charge in [-0.05, 0) is 5.56 Å². The molecule has 1 aromatic rings. The molecule has 1 aromatic carbocycles. The summed E-state index contributed by atoms with van der Waals surface area (Å²) in [4.78, 5) is 21.7. The summed E-state index contributed by atoms with van der Waals surface area (Å²) >= 11 is 0. The van der Waals surface area contributed by atoms with Gasteiger partial charge in [-0.3, -0.25) is 4.79 Å². The molecule has 0 saturated carbocycles. The van der Waals surface area contributed by atoms with Crippen molar-refractivity contribution in [1.82, 2.24) is 0 Å². The number of carbonyl (C=O) groups is 2. The lowest BCUT2D eigenvalue weighted by Crippen LogP contribution is -2.26. The molecule has 0 aliphatic rings. The molecule has 1 atom stereocenters. The van der Waals surface area contributed by atoms with Gasteiger partial charge < -0.3 is 15.3 Å². The number of rotatable bonds is 5. The second kappa shape index (κ2) is 5.93. The van der Waals surface area contributed by atoms with Gasteiger partial charge in [0.15, 0.2) is 0 Å². The topological polar surface area (TPSA) is 69.4 Å². The Bertz CT molecular complexity index is 324. The summed E-state index contributed by atoms with van der Waals surface area (Å²) in [6.45, 7) is 0.154. The minimum Gasteiger partial charge on any atom is -0.460 e. The third-order valence-corrected chi connectivity index (χ3v) is 1.94. The molecular weight excluding hydrogens is 194 g/mol. The lowest BCUT2D eigenvalue weighted by atomic mass is 10.2. The van der Waals surface area contributed by atoms with Gasteiger partial charge in [0.05, 0.1) is 0 Å². The molecule has 80 valence electrons. The van der Waals surface area contributed by atoms with Gasteiger partial charge in [0.25, 0.3) is 0 Å². The number of aldehydes is 1. The van der Waals surface area contributed by atoms with Gasteiger partial charge in [0, 0.05) is 6.54 Å². The van der Waals surface area contributed by atoms with Crippen LogP contribution in [0.15, 0.2) is 30.3 Å². The summed E-state index contributed by atoms with van der Waals surface area (Å²) in [7, 11) is 0. The number of ether oxygens (including phenoxy) is 1. The van der Waals surface area contributed by atoms with E-state index in [9.17, 15) is 9.59 Å². The first kappa shape index (κ1) is 11.4. The second-order valence-corrected chi connectivity index (χ2v) is 3.07. The monoisotopic (exact) mass is 207 g/mol. The molecule has 15 heavy (non-hydrogen) atoms. The smallest absolute Gasteiger partial charge is 0.317 e. The SMILES string of the molecule is NCC(C=O)C(=O)OCc1ccccc1. The van der Waals surface area contributed by atoms with E-state index < -0.39 is 11.9 Å². The molecular formula is C11H13NO3. The summed E-state index contributed by atoms with van der Waals surface area (Å²) in [5.41, 5.74) is 6.10. The molecule has 2 N–H and O–H groups in total. The third-order valence-electron chi connectivity index (χ3n) is 1.94. The summed E-state index contributed by atoms with van der Waals surface area (Å²) in [5, 5.41) is 0. The molecule has 0 aromatic heterocycles. The second-order valence-electron chi connectivity index (χ2n) is 3.07. The predicted octanol–water partition coefficient (Wildman–Crippen LogP) is 0.504. The number of benzene rings is 1. The van der Waals surface area contributed by atoms with Crippen LogP contribution in [0.5, 0.6) is 0 Å². The van der Waals surface area contributed by atoms with Gasteiger partial charge in [-0.2, -0.15) is 0 Å². The quantitative estimate of drug-likeness (QED) is 0.433. The van der Waals surface area contributed by atoms with Gasteiger partial charge >= 0.3 is 5.97 Å². The maximum atomic E-state index is 11.2. The first-order chi connectivity index (χ1) is 7.27. The van der Waals surface area contributed by atoms with Crippen LogP contribution in [-0.2, 0) is 20.9 Å². The van der Waals surface area contributed by atoms with Crippen LogP contribution in [0.3, 0.4) is 0 Å². The Morgan fingerprint density at radius 3 is 2.60 bits per heavy atom. The highest BCUT2D eigenvalue weighted by molar-refractivity contribution is 5.87. The zero-order valence-electron chi connectivity index (χ0n) is 8.26. The lowest BCUT2D eigenvalue weighted by molar-refractivity contribution is -0.150. The summed E-state index contributed by atoms with van der Waals surface area (Å²) in [5.74, 6) is -1.43.